The van der Waals surface area contributed by atoms with E-state index in [1.807, 2.05) is 31.2 Å². The third kappa shape index (κ3) is 4.90. The maximum absolute atomic E-state index is 13.1. The summed E-state index contributed by atoms with van der Waals surface area (Å²) in [6, 6.07) is 13.9. The molecular formula is C25H31N5O3S. The number of hydrogen-bond acceptors (Lipinski definition) is 5. The van der Waals surface area contributed by atoms with Gasteiger partial charge in [-0.3, -0.25) is 4.79 Å². The summed E-state index contributed by atoms with van der Waals surface area (Å²) in [5.41, 5.74) is 2.32. The molecule has 1 aliphatic rings. The molecule has 180 valence electrons. The molecule has 4 rings (SSSR count). The first-order valence-electron chi connectivity index (χ1n) is 11.5. The van der Waals surface area contributed by atoms with E-state index in [0.29, 0.717) is 30.5 Å². The molecular weight excluding hydrogens is 450 g/mol. The Hall–Kier alpha value is -3.04. The van der Waals surface area contributed by atoms with Crippen LogP contribution < -0.4 is 0 Å². The number of carbonyl (C=O) groups is 1. The number of carbonyl (C=O) groups excluding carboxylic acids is 1. The van der Waals surface area contributed by atoms with Crippen LogP contribution in [0.25, 0.3) is 5.69 Å². The first kappa shape index (κ1) is 24.1. The van der Waals surface area contributed by atoms with Gasteiger partial charge in [0.25, 0.3) is 5.91 Å². The van der Waals surface area contributed by atoms with Crippen LogP contribution in [0.4, 0.5) is 0 Å². The molecule has 3 aromatic rings. The average molecular weight is 482 g/mol. The summed E-state index contributed by atoms with van der Waals surface area (Å²) in [5.74, 6) is 0.497. The van der Waals surface area contributed by atoms with E-state index in [-0.39, 0.29) is 16.8 Å². The molecule has 0 aliphatic carbocycles. The van der Waals surface area contributed by atoms with Crippen molar-refractivity contribution < 1.29 is 13.2 Å². The van der Waals surface area contributed by atoms with Crippen molar-refractivity contribution in [2.45, 2.75) is 38.1 Å². The fourth-order valence-corrected chi connectivity index (χ4v) is 6.25. The quantitative estimate of drug-likeness (QED) is 0.535. The molecule has 1 aliphatic heterocycles. The highest BCUT2D eigenvalue weighted by Crippen LogP contribution is 2.27. The van der Waals surface area contributed by atoms with E-state index < -0.39 is 10.0 Å². The summed E-state index contributed by atoms with van der Waals surface area (Å²) in [6.45, 7) is 7.19. The molecule has 0 saturated carbocycles. The molecule has 0 N–H and O–H groups in total. The van der Waals surface area contributed by atoms with Crippen molar-refractivity contribution in [1.29, 1.82) is 0 Å². The lowest BCUT2D eigenvalue weighted by molar-refractivity contribution is 0.0742. The van der Waals surface area contributed by atoms with Gasteiger partial charge < -0.3 is 4.90 Å². The van der Waals surface area contributed by atoms with Gasteiger partial charge in [0.2, 0.25) is 10.0 Å². The minimum absolute atomic E-state index is 0.169. The first-order chi connectivity index (χ1) is 16.2. The van der Waals surface area contributed by atoms with Gasteiger partial charge in [0.1, 0.15) is 12.7 Å². The van der Waals surface area contributed by atoms with E-state index in [1.165, 1.54) is 18.5 Å². The third-order valence-corrected chi connectivity index (χ3v) is 8.38. The summed E-state index contributed by atoms with van der Waals surface area (Å²) in [7, 11) is -1.83. The van der Waals surface area contributed by atoms with Crippen LogP contribution in [0.3, 0.4) is 0 Å². The summed E-state index contributed by atoms with van der Waals surface area (Å²) >= 11 is 0. The zero-order valence-electron chi connectivity index (χ0n) is 20.0. The molecule has 0 radical (unpaired) electrons. The monoisotopic (exact) mass is 481 g/mol. The summed E-state index contributed by atoms with van der Waals surface area (Å²) < 4.78 is 29.5. The van der Waals surface area contributed by atoms with Crippen molar-refractivity contribution in [3.8, 4) is 5.69 Å². The predicted molar refractivity (Wildman–Crippen MR) is 130 cm³/mol. The molecule has 1 amide bonds. The summed E-state index contributed by atoms with van der Waals surface area (Å²) in [5, 5.41) is 4.12. The molecule has 3 unspecified atom stereocenters. The molecule has 0 spiro atoms. The number of sulfonamides is 1. The van der Waals surface area contributed by atoms with E-state index in [9.17, 15) is 13.2 Å². The molecule has 3 atom stereocenters. The Labute approximate surface area is 201 Å². The second kappa shape index (κ2) is 9.68. The van der Waals surface area contributed by atoms with Gasteiger partial charge in [0, 0.05) is 25.7 Å². The smallest absolute Gasteiger partial charge is 0.254 e. The lowest BCUT2D eigenvalue weighted by Gasteiger charge is -2.34. The highest BCUT2D eigenvalue weighted by Gasteiger charge is 2.31. The third-order valence-electron chi connectivity index (χ3n) is 6.53. The zero-order valence-corrected chi connectivity index (χ0v) is 20.8. The fraction of sp³-hybridized carbons (Fsp3) is 0.400. The second-order valence-corrected chi connectivity index (χ2v) is 11.3. The molecule has 0 bridgehead atoms. The van der Waals surface area contributed by atoms with Gasteiger partial charge in [-0.25, -0.2) is 18.1 Å². The van der Waals surface area contributed by atoms with E-state index in [1.54, 1.807) is 39.4 Å². The highest BCUT2D eigenvalue weighted by molar-refractivity contribution is 7.89. The van der Waals surface area contributed by atoms with Crippen molar-refractivity contribution in [2.75, 3.05) is 20.1 Å². The van der Waals surface area contributed by atoms with Gasteiger partial charge in [-0.05, 0) is 67.1 Å². The van der Waals surface area contributed by atoms with Crippen molar-refractivity contribution >= 4 is 15.9 Å². The minimum Gasteiger partial charge on any atom is -0.335 e. The van der Waals surface area contributed by atoms with Crippen LogP contribution in [-0.4, -0.2) is 58.4 Å². The van der Waals surface area contributed by atoms with Crippen LogP contribution in [-0.2, 0) is 10.0 Å². The molecule has 1 fully saturated rings. The van der Waals surface area contributed by atoms with Crippen LogP contribution in [0, 0.1) is 11.8 Å². The van der Waals surface area contributed by atoms with Crippen LogP contribution in [0.1, 0.15) is 49.2 Å². The number of benzene rings is 2. The topological polar surface area (TPSA) is 88.4 Å². The molecule has 8 nitrogen and oxygen atoms in total. The number of nitrogens with zero attached hydrogens (tertiary/aromatic N) is 5. The number of amides is 1. The number of hydrogen-bond donors (Lipinski definition) is 0. The zero-order chi connectivity index (χ0) is 24.5. The Morgan fingerprint density at radius 1 is 1.03 bits per heavy atom. The second-order valence-electron chi connectivity index (χ2n) is 9.32. The SMILES string of the molecule is CC1CC(C)CN(S(=O)(=O)c2ccc(C(=O)N(C)C(C)c3ccc(-n4cncn4)cc3)cc2)C1. The molecule has 1 saturated heterocycles. The van der Waals surface area contributed by atoms with Crippen molar-refractivity contribution in [2.24, 2.45) is 11.8 Å². The van der Waals surface area contributed by atoms with E-state index in [0.717, 1.165) is 17.7 Å². The Kier molecular flexibility index (Phi) is 6.86. The van der Waals surface area contributed by atoms with Gasteiger partial charge >= 0.3 is 0 Å². The largest absolute Gasteiger partial charge is 0.335 e. The van der Waals surface area contributed by atoms with Crippen molar-refractivity contribution in [1.82, 2.24) is 24.0 Å². The van der Waals surface area contributed by atoms with Gasteiger partial charge in [-0.15, -0.1) is 0 Å². The van der Waals surface area contributed by atoms with Crippen molar-refractivity contribution in [3.63, 3.8) is 0 Å². The maximum Gasteiger partial charge on any atom is 0.254 e. The van der Waals surface area contributed by atoms with Crippen LogP contribution >= 0.6 is 0 Å². The Morgan fingerprint density at radius 2 is 1.65 bits per heavy atom. The van der Waals surface area contributed by atoms with E-state index in [4.69, 9.17) is 0 Å². The summed E-state index contributed by atoms with van der Waals surface area (Å²) in [4.78, 5) is 18.9. The van der Waals surface area contributed by atoms with E-state index >= 15 is 0 Å². The predicted octanol–water partition coefficient (Wildman–Crippen LogP) is 3.77. The molecule has 1 aromatic heterocycles. The Morgan fingerprint density at radius 3 is 2.21 bits per heavy atom. The molecule has 2 aromatic carbocycles. The van der Waals surface area contributed by atoms with Gasteiger partial charge in [-0.2, -0.15) is 9.40 Å². The minimum atomic E-state index is -3.58. The lowest BCUT2D eigenvalue weighted by atomic mass is 9.94. The van der Waals surface area contributed by atoms with Gasteiger partial charge in [0.05, 0.1) is 16.6 Å². The standard InChI is InChI=1S/C25H31N5O3S/c1-18-13-19(2)15-29(14-18)34(32,33)24-11-7-22(8-12-24)25(31)28(4)20(3)21-5-9-23(10-6-21)30-17-26-16-27-30/h5-12,16-20H,13-15H2,1-4H3. The first-order valence-corrected chi connectivity index (χ1v) is 12.9. The van der Waals surface area contributed by atoms with Gasteiger partial charge in [0.15, 0.2) is 0 Å². The van der Waals surface area contributed by atoms with Crippen LogP contribution in [0.5, 0.6) is 0 Å². The maximum atomic E-state index is 13.1. The fourth-order valence-electron chi connectivity index (χ4n) is 4.57. The average Bonchev–Trinajstić information content (AvgIpc) is 3.37. The number of piperidine rings is 1. The Balaban J connectivity index is 1.46. The number of aromatic nitrogens is 3. The number of rotatable bonds is 6. The highest BCUT2D eigenvalue weighted by atomic mass is 32.2. The molecule has 34 heavy (non-hydrogen) atoms. The van der Waals surface area contributed by atoms with Crippen molar-refractivity contribution in [3.05, 3.63) is 72.3 Å². The molecule has 9 heteroatoms. The van der Waals surface area contributed by atoms with Gasteiger partial charge in [-0.1, -0.05) is 26.0 Å². The lowest BCUT2D eigenvalue weighted by Crippen LogP contribution is -2.42. The molecule has 2 heterocycles. The van der Waals surface area contributed by atoms with Crippen LogP contribution in [0.2, 0.25) is 0 Å². The van der Waals surface area contributed by atoms with Crippen LogP contribution in [0.15, 0.2) is 66.1 Å². The van der Waals surface area contributed by atoms with E-state index in [2.05, 4.69) is 23.9 Å². The Bertz CT molecular complexity index is 1210. The summed E-state index contributed by atoms with van der Waals surface area (Å²) in [6.07, 6.45) is 4.14. The normalized spacial score (nSPS) is 20.1.